The van der Waals surface area contributed by atoms with E-state index in [4.69, 9.17) is 11.6 Å². The third kappa shape index (κ3) is 4.89. The Morgan fingerprint density at radius 2 is 1.79 bits per heavy atom. The molecule has 1 atom stereocenters. The van der Waals surface area contributed by atoms with Gasteiger partial charge in [-0.3, -0.25) is 14.3 Å². The summed E-state index contributed by atoms with van der Waals surface area (Å²) in [4.78, 5) is 14.8. The minimum Gasteiger partial charge on any atom is -0.300 e. The molecule has 1 aromatic heterocycles. The predicted molar refractivity (Wildman–Crippen MR) is 119 cm³/mol. The number of aryl methyl sites for hydroxylation is 2. The number of aromatic nitrogens is 3. The molecule has 0 aliphatic rings. The number of halogens is 1. The van der Waals surface area contributed by atoms with Crippen molar-refractivity contribution in [3.63, 3.8) is 0 Å². The molecule has 0 aliphatic heterocycles. The van der Waals surface area contributed by atoms with Gasteiger partial charge >= 0.3 is 0 Å². The molecule has 29 heavy (non-hydrogen) atoms. The SMILES string of the molecule is Cc1ccc(C(=O)CSc2nnc([C@H](C)N(C)C)n2-c2ccc(Cl)cc2)cc1C. The van der Waals surface area contributed by atoms with Gasteiger partial charge in [0.05, 0.1) is 11.8 Å². The molecule has 3 aromatic rings. The van der Waals surface area contributed by atoms with Crippen molar-refractivity contribution < 1.29 is 4.79 Å². The van der Waals surface area contributed by atoms with Gasteiger partial charge in [-0.25, -0.2) is 0 Å². The number of nitrogens with zero attached hydrogens (tertiary/aromatic N) is 4. The first-order valence-electron chi connectivity index (χ1n) is 9.39. The maximum atomic E-state index is 12.7. The Balaban J connectivity index is 1.89. The number of benzene rings is 2. The number of Topliss-reactive ketones (excluding diaryl/α,β-unsaturated/α-hetero) is 1. The van der Waals surface area contributed by atoms with Crippen LogP contribution in [0.4, 0.5) is 0 Å². The monoisotopic (exact) mass is 428 g/mol. The van der Waals surface area contributed by atoms with E-state index in [2.05, 4.69) is 22.0 Å². The molecule has 5 nitrogen and oxygen atoms in total. The van der Waals surface area contributed by atoms with Crippen LogP contribution in [-0.2, 0) is 0 Å². The molecule has 0 radical (unpaired) electrons. The summed E-state index contributed by atoms with van der Waals surface area (Å²) >= 11 is 7.46. The van der Waals surface area contributed by atoms with Gasteiger partial charge in [0.1, 0.15) is 0 Å². The maximum Gasteiger partial charge on any atom is 0.196 e. The van der Waals surface area contributed by atoms with Gasteiger partial charge in [-0.2, -0.15) is 0 Å². The summed E-state index contributed by atoms with van der Waals surface area (Å²) < 4.78 is 2.00. The molecule has 2 aromatic carbocycles. The lowest BCUT2D eigenvalue weighted by Gasteiger charge is -2.20. The van der Waals surface area contributed by atoms with Crippen molar-refractivity contribution in [2.75, 3.05) is 19.8 Å². The first-order valence-corrected chi connectivity index (χ1v) is 10.7. The molecular formula is C22H25ClN4OS. The first-order chi connectivity index (χ1) is 13.8. The molecule has 152 valence electrons. The Morgan fingerprint density at radius 3 is 2.41 bits per heavy atom. The van der Waals surface area contributed by atoms with Crippen molar-refractivity contribution >= 4 is 29.1 Å². The van der Waals surface area contributed by atoms with E-state index in [0.29, 0.717) is 15.9 Å². The summed E-state index contributed by atoms with van der Waals surface area (Å²) in [5.74, 6) is 1.19. The van der Waals surface area contributed by atoms with Gasteiger partial charge in [-0.05, 0) is 76.3 Å². The highest BCUT2D eigenvalue weighted by Crippen LogP contribution is 2.28. The van der Waals surface area contributed by atoms with Crippen LogP contribution in [0.1, 0.15) is 40.3 Å². The van der Waals surface area contributed by atoms with Gasteiger partial charge in [-0.15, -0.1) is 10.2 Å². The molecule has 0 aliphatic carbocycles. The van der Waals surface area contributed by atoms with Crippen molar-refractivity contribution in [3.8, 4) is 5.69 Å². The average Bonchev–Trinajstić information content (AvgIpc) is 3.11. The summed E-state index contributed by atoms with van der Waals surface area (Å²) in [6.45, 7) is 6.14. The highest BCUT2D eigenvalue weighted by molar-refractivity contribution is 7.99. The number of hydrogen-bond acceptors (Lipinski definition) is 5. The van der Waals surface area contributed by atoms with E-state index in [1.54, 1.807) is 0 Å². The molecule has 0 unspecified atom stereocenters. The lowest BCUT2D eigenvalue weighted by Crippen LogP contribution is -2.20. The van der Waals surface area contributed by atoms with Crippen LogP contribution >= 0.6 is 23.4 Å². The molecule has 0 fully saturated rings. The summed E-state index contributed by atoms with van der Waals surface area (Å²) in [6.07, 6.45) is 0. The first kappa shape index (κ1) is 21.6. The largest absolute Gasteiger partial charge is 0.300 e. The third-order valence-corrected chi connectivity index (χ3v) is 6.23. The van der Waals surface area contributed by atoms with Crippen molar-refractivity contribution in [1.82, 2.24) is 19.7 Å². The third-order valence-electron chi connectivity index (χ3n) is 5.05. The van der Waals surface area contributed by atoms with Crippen LogP contribution in [0.3, 0.4) is 0 Å². The van der Waals surface area contributed by atoms with Crippen molar-refractivity contribution in [3.05, 3.63) is 70.0 Å². The molecule has 0 saturated heterocycles. The average molecular weight is 429 g/mol. The van der Waals surface area contributed by atoms with Gasteiger partial charge in [0.15, 0.2) is 16.8 Å². The van der Waals surface area contributed by atoms with E-state index in [9.17, 15) is 4.79 Å². The zero-order valence-electron chi connectivity index (χ0n) is 17.3. The van der Waals surface area contributed by atoms with Crippen LogP contribution in [0.15, 0.2) is 47.6 Å². The van der Waals surface area contributed by atoms with Gasteiger partial charge in [0, 0.05) is 16.3 Å². The number of ketones is 1. The van der Waals surface area contributed by atoms with Crippen LogP contribution in [0.25, 0.3) is 5.69 Å². The van der Waals surface area contributed by atoms with E-state index >= 15 is 0 Å². The highest BCUT2D eigenvalue weighted by Gasteiger charge is 2.21. The minimum absolute atomic E-state index is 0.0583. The summed E-state index contributed by atoms with van der Waals surface area (Å²) in [7, 11) is 4.00. The molecule has 0 N–H and O–H groups in total. The fraction of sp³-hybridized carbons (Fsp3) is 0.318. The molecule has 7 heteroatoms. The number of thioether (sulfide) groups is 1. The van der Waals surface area contributed by atoms with E-state index < -0.39 is 0 Å². The Hall–Kier alpha value is -2.15. The maximum absolute atomic E-state index is 12.7. The van der Waals surface area contributed by atoms with Crippen molar-refractivity contribution in [2.45, 2.75) is 32.0 Å². The van der Waals surface area contributed by atoms with E-state index in [-0.39, 0.29) is 11.8 Å². The van der Waals surface area contributed by atoms with Crippen LogP contribution in [0, 0.1) is 13.8 Å². The van der Waals surface area contributed by atoms with Crippen LogP contribution in [0.5, 0.6) is 0 Å². The zero-order valence-corrected chi connectivity index (χ0v) is 18.9. The van der Waals surface area contributed by atoms with Gasteiger partial charge in [0.2, 0.25) is 0 Å². The molecule has 3 rings (SSSR count). The van der Waals surface area contributed by atoms with E-state index in [1.807, 2.05) is 75.0 Å². The molecule has 0 bridgehead atoms. The van der Waals surface area contributed by atoms with Crippen molar-refractivity contribution in [1.29, 1.82) is 0 Å². The van der Waals surface area contributed by atoms with E-state index in [0.717, 1.165) is 22.6 Å². The number of hydrogen-bond donors (Lipinski definition) is 0. The van der Waals surface area contributed by atoms with Gasteiger partial charge in [0.25, 0.3) is 0 Å². The fourth-order valence-corrected chi connectivity index (χ4v) is 3.82. The minimum atomic E-state index is 0.0583. The topological polar surface area (TPSA) is 51.0 Å². The van der Waals surface area contributed by atoms with E-state index in [1.165, 1.54) is 17.3 Å². The number of rotatable bonds is 7. The second kappa shape index (κ2) is 9.11. The smallest absolute Gasteiger partial charge is 0.196 e. The number of carbonyl (C=O) groups excluding carboxylic acids is 1. The van der Waals surface area contributed by atoms with Crippen LogP contribution in [-0.4, -0.2) is 45.3 Å². The lowest BCUT2D eigenvalue weighted by atomic mass is 10.0. The molecule has 0 spiro atoms. The summed E-state index contributed by atoms with van der Waals surface area (Å²) in [6, 6.07) is 13.4. The van der Waals surface area contributed by atoms with Crippen LogP contribution < -0.4 is 0 Å². The van der Waals surface area contributed by atoms with Gasteiger partial charge < -0.3 is 0 Å². The zero-order chi connectivity index (χ0) is 21.1. The molecule has 0 amide bonds. The normalized spacial score (nSPS) is 12.4. The summed E-state index contributed by atoms with van der Waals surface area (Å²) in [5, 5.41) is 10.2. The fourth-order valence-electron chi connectivity index (χ4n) is 2.84. The Labute approximate surface area is 181 Å². The second-order valence-electron chi connectivity index (χ2n) is 7.30. The molecule has 0 saturated carbocycles. The standard InChI is InChI=1S/C22H25ClN4OS/c1-14-6-7-17(12-15(14)2)20(28)13-29-22-25-24-21(16(3)26(4)5)27(22)19-10-8-18(23)9-11-19/h6-12,16H,13H2,1-5H3/t16-/m0/s1. The Bertz CT molecular complexity index is 1010. The number of carbonyl (C=O) groups is 1. The highest BCUT2D eigenvalue weighted by atomic mass is 35.5. The molecular weight excluding hydrogens is 404 g/mol. The van der Waals surface area contributed by atoms with Gasteiger partial charge in [-0.1, -0.05) is 35.5 Å². The Morgan fingerprint density at radius 1 is 1.10 bits per heavy atom. The van der Waals surface area contributed by atoms with Crippen molar-refractivity contribution in [2.24, 2.45) is 0 Å². The summed E-state index contributed by atoms with van der Waals surface area (Å²) in [5.41, 5.74) is 3.94. The quantitative estimate of drug-likeness (QED) is 0.385. The second-order valence-corrected chi connectivity index (χ2v) is 8.68. The Kier molecular flexibility index (Phi) is 6.77. The predicted octanol–water partition coefficient (Wildman–Crippen LogP) is 5.14. The molecule has 1 heterocycles. The van der Waals surface area contributed by atoms with Crippen LogP contribution in [0.2, 0.25) is 5.02 Å². The lowest BCUT2D eigenvalue weighted by molar-refractivity contribution is 0.102.